The molecule has 5 nitrogen and oxygen atoms in total. The Kier molecular flexibility index (Phi) is 5.61. The summed E-state index contributed by atoms with van der Waals surface area (Å²) < 4.78 is 23.2. The van der Waals surface area contributed by atoms with Crippen molar-refractivity contribution in [3.63, 3.8) is 0 Å². The number of allylic oxidation sites excluding steroid dienone is 2. The number of piperidine rings is 1. The van der Waals surface area contributed by atoms with E-state index in [1.165, 1.54) is 19.1 Å². The van der Waals surface area contributed by atoms with Crippen LogP contribution >= 0.6 is 0 Å². The van der Waals surface area contributed by atoms with Crippen LogP contribution < -0.4 is 5.32 Å². The van der Waals surface area contributed by atoms with E-state index in [4.69, 9.17) is 0 Å². The van der Waals surface area contributed by atoms with Gasteiger partial charge in [0.2, 0.25) is 5.91 Å². The van der Waals surface area contributed by atoms with Gasteiger partial charge in [0.15, 0.2) is 9.84 Å². The van der Waals surface area contributed by atoms with Crippen molar-refractivity contribution in [1.82, 2.24) is 10.2 Å². The number of amides is 1. The van der Waals surface area contributed by atoms with Crippen molar-refractivity contribution in [2.75, 3.05) is 19.3 Å². The lowest BCUT2D eigenvalue weighted by atomic mass is 9.91. The second-order valence-electron chi connectivity index (χ2n) is 8.77. The van der Waals surface area contributed by atoms with E-state index < -0.39 is 9.84 Å². The highest BCUT2D eigenvalue weighted by atomic mass is 32.2. The number of nitrogens with one attached hydrogen (secondary N) is 1. The van der Waals surface area contributed by atoms with Crippen molar-refractivity contribution in [2.45, 2.75) is 49.6 Å². The Morgan fingerprint density at radius 2 is 1.79 bits per heavy atom. The van der Waals surface area contributed by atoms with Gasteiger partial charge in [0.1, 0.15) is 0 Å². The molecule has 0 radical (unpaired) electrons. The lowest BCUT2D eigenvalue weighted by Gasteiger charge is -2.38. The summed E-state index contributed by atoms with van der Waals surface area (Å²) in [5.74, 6) is 1.69. The molecule has 0 aromatic heterocycles. The summed E-state index contributed by atoms with van der Waals surface area (Å²) in [5, 5.41) is 3.35. The van der Waals surface area contributed by atoms with Crippen molar-refractivity contribution in [1.29, 1.82) is 0 Å². The van der Waals surface area contributed by atoms with Crippen LogP contribution in [0.25, 0.3) is 0 Å². The van der Waals surface area contributed by atoms with Crippen molar-refractivity contribution >= 4 is 15.7 Å². The van der Waals surface area contributed by atoms with Gasteiger partial charge in [0.25, 0.3) is 0 Å². The molecule has 152 valence electrons. The van der Waals surface area contributed by atoms with Gasteiger partial charge in [-0.2, -0.15) is 0 Å². The molecule has 1 N–H and O–H groups in total. The number of likely N-dealkylation sites (tertiary alicyclic amines) is 1. The molecule has 2 unspecified atom stereocenters. The molecule has 3 aliphatic rings. The maximum Gasteiger partial charge on any atom is 0.220 e. The van der Waals surface area contributed by atoms with E-state index in [0.717, 1.165) is 38.0 Å². The van der Waals surface area contributed by atoms with Gasteiger partial charge in [-0.05, 0) is 61.1 Å². The number of carbonyl (C=O) groups is 1. The first-order valence-electron chi connectivity index (χ1n) is 10.4. The Bertz CT molecular complexity index is 833. The highest BCUT2D eigenvalue weighted by Gasteiger charge is 2.42. The molecule has 1 aromatic rings. The maximum absolute atomic E-state index is 12.5. The molecule has 28 heavy (non-hydrogen) atoms. The van der Waals surface area contributed by atoms with Gasteiger partial charge in [-0.3, -0.25) is 9.69 Å². The smallest absolute Gasteiger partial charge is 0.220 e. The normalized spacial score (nSPS) is 29.9. The lowest BCUT2D eigenvalue weighted by Crippen LogP contribution is -2.52. The summed E-state index contributed by atoms with van der Waals surface area (Å²) in [6.45, 7) is 2.84. The fourth-order valence-corrected chi connectivity index (χ4v) is 5.76. The van der Waals surface area contributed by atoms with E-state index in [2.05, 4.69) is 22.4 Å². The topological polar surface area (TPSA) is 66.5 Å². The molecular weight excluding hydrogens is 372 g/mol. The molecule has 0 spiro atoms. The maximum atomic E-state index is 12.5. The number of hydrogen-bond acceptors (Lipinski definition) is 4. The molecule has 2 aliphatic carbocycles. The third-order valence-corrected chi connectivity index (χ3v) is 7.68. The Balaban J connectivity index is 1.32. The number of fused-ring (bicyclic) bond motifs is 2. The monoisotopic (exact) mass is 402 g/mol. The Labute approximate surface area is 168 Å². The highest BCUT2D eigenvalue weighted by molar-refractivity contribution is 7.90. The van der Waals surface area contributed by atoms with Crippen LogP contribution in [-0.2, 0) is 21.2 Å². The first kappa shape index (κ1) is 19.6. The van der Waals surface area contributed by atoms with E-state index in [1.54, 1.807) is 12.1 Å². The largest absolute Gasteiger partial charge is 0.353 e. The molecule has 4 rings (SSSR count). The zero-order valence-corrected chi connectivity index (χ0v) is 17.3. The van der Waals surface area contributed by atoms with Gasteiger partial charge in [0.05, 0.1) is 4.90 Å². The van der Waals surface area contributed by atoms with E-state index in [1.807, 2.05) is 12.1 Å². The third-order valence-electron chi connectivity index (χ3n) is 6.55. The number of benzene rings is 1. The molecule has 6 heteroatoms. The first-order chi connectivity index (χ1) is 13.4. The summed E-state index contributed by atoms with van der Waals surface area (Å²) in [7, 11) is -3.15. The highest BCUT2D eigenvalue weighted by Crippen LogP contribution is 2.37. The van der Waals surface area contributed by atoms with Crippen molar-refractivity contribution < 1.29 is 13.2 Å². The molecule has 1 saturated carbocycles. The van der Waals surface area contributed by atoms with Gasteiger partial charge in [-0.1, -0.05) is 24.3 Å². The lowest BCUT2D eigenvalue weighted by molar-refractivity contribution is -0.123. The van der Waals surface area contributed by atoms with Crippen LogP contribution in [0.3, 0.4) is 0 Å². The first-order valence-corrected chi connectivity index (χ1v) is 12.2. The van der Waals surface area contributed by atoms with Crippen LogP contribution in [0, 0.1) is 17.8 Å². The predicted octanol–water partition coefficient (Wildman–Crippen LogP) is 2.77. The summed E-state index contributed by atoms with van der Waals surface area (Å²) in [6.07, 6.45) is 10.8. The summed E-state index contributed by atoms with van der Waals surface area (Å²) in [6, 6.07) is 7.55. The standard InChI is InChI=1S/C22H30N2O3S/c1-28(26,27)20-10-6-17(7-11-20)13-24-14-18-8-9-19(15-24)22(18)23-21(25)12-16-4-2-3-5-16/h2,4,6-7,10-11,16,18-19,22H,3,5,8-9,12-15H2,1H3,(H,23,25)/t16?,18-,19+,22?. The van der Waals surface area contributed by atoms with Gasteiger partial charge in [0, 0.05) is 38.4 Å². The van der Waals surface area contributed by atoms with Gasteiger partial charge in [-0.15, -0.1) is 0 Å². The zero-order valence-electron chi connectivity index (χ0n) is 16.5. The average Bonchev–Trinajstić information content (AvgIpc) is 3.21. The average molecular weight is 403 g/mol. The molecule has 1 saturated heterocycles. The summed E-state index contributed by atoms with van der Waals surface area (Å²) in [5.41, 5.74) is 1.14. The Morgan fingerprint density at radius 1 is 1.11 bits per heavy atom. The quantitative estimate of drug-likeness (QED) is 0.743. The third kappa shape index (κ3) is 4.49. The minimum atomic E-state index is -3.15. The van der Waals surface area contributed by atoms with Crippen LogP contribution in [0.15, 0.2) is 41.3 Å². The number of rotatable bonds is 6. The van der Waals surface area contributed by atoms with E-state index in [9.17, 15) is 13.2 Å². The van der Waals surface area contributed by atoms with Crippen LogP contribution in [0.5, 0.6) is 0 Å². The molecule has 2 fully saturated rings. The fraction of sp³-hybridized carbons (Fsp3) is 0.591. The predicted molar refractivity (Wildman–Crippen MR) is 109 cm³/mol. The Morgan fingerprint density at radius 3 is 2.36 bits per heavy atom. The summed E-state index contributed by atoms with van der Waals surface area (Å²) in [4.78, 5) is 15.3. The van der Waals surface area contributed by atoms with Crippen LogP contribution in [0.1, 0.15) is 37.7 Å². The molecule has 1 amide bonds. The van der Waals surface area contributed by atoms with E-state index in [0.29, 0.717) is 35.1 Å². The number of sulfone groups is 1. The van der Waals surface area contributed by atoms with Crippen molar-refractivity contribution in [3.05, 3.63) is 42.0 Å². The van der Waals surface area contributed by atoms with Crippen LogP contribution in [0.4, 0.5) is 0 Å². The van der Waals surface area contributed by atoms with Gasteiger partial charge < -0.3 is 5.32 Å². The number of hydrogen-bond donors (Lipinski definition) is 1. The minimum Gasteiger partial charge on any atom is -0.353 e. The molecular formula is C22H30N2O3S. The van der Waals surface area contributed by atoms with E-state index >= 15 is 0 Å². The second kappa shape index (κ2) is 7.99. The zero-order chi connectivity index (χ0) is 19.7. The number of carbonyl (C=O) groups excluding carboxylic acids is 1. The molecule has 1 aromatic carbocycles. The van der Waals surface area contributed by atoms with Crippen molar-refractivity contribution in [3.8, 4) is 0 Å². The second-order valence-corrected chi connectivity index (χ2v) is 10.8. The van der Waals surface area contributed by atoms with Gasteiger partial charge in [-0.25, -0.2) is 8.42 Å². The molecule has 4 atom stereocenters. The van der Waals surface area contributed by atoms with Crippen LogP contribution in [0.2, 0.25) is 0 Å². The molecule has 1 heterocycles. The minimum absolute atomic E-state index is 0.211. The molecule has 2 bridgehead atoms. The number of nitrogens with zero attached hydrogens (tertiary/aromatic N) is 1. The Hall–Kier alpha value is -1.66. The van der Waals surface area contributed by atoms with Crippen LogP contribution in [-0.4, -0.2) is 44.6 Å². The van der Waals surface area contributed by atoms with Gasteiger partial charge >= 0.3 is 0 Å². The van der Waals surface area contributed by atoms with Crippen molar-refractivity contribution in [2.24, 2.45) is 17.8 Å². The summed E-state index contributed by atoms with van der Waals surface area (Å²) >= 11 is 0. The van der Waals surface area contributed by atoms with E-state index in [-0.39, 0.29) is 5.91 Å². The SMILES string of the molecule is CS(=O)(=O)c1ccc(CN2C[C@H]3CC[C@@H](C2)C3NC(=O)CC2C=CCC2)cc1. The molecule has 1 aliphatic heterocycles. The fourth-order valence-electron chi connectivity index (χ4n) is 5.13.